The van der Waals surface area contributed by atoms with Crippen LogP contribution in [0.1, 0.15) is 26.7 Å². The topological polar surface area (TPSA) is 6.48 Å². The van der Waals surface area contributed by atoms with Crippen molar-refractivity contribution in [1.82, 2.24) is 9.80 Å². The summed E-state index contributed by atoms with van der Waals surface area (Å²) in [4.78, 5) is 3.97. The second kappa shape index (κ2) is 4.18. The molecule has 0 N–H and O–H groups in total. The van der Waals surface area contributed by atoms with Gasteiger partial charge in [-0.3, -0.25) is 9.80 Å². The van der Waals surface area contributed by atoms with Crippen LogP contribution in [-0.4, -0.2) is 53.7 Å². The van der Waals surface area contributed by atoms with Gasteiger partial charge in [0.2, 0.25) is 0 Å². The van der Waals surface area contributed by atoms with Crippen LogP contribution in [0, 0.1) is 0 Å². The van der Waals surface area contributed by atoms with E-state index < -0.39 is 12.7 Å². The van der Waals surface area contributed by atoms with Gasteiger partial charge in [0.05, 0.1) is 6.54 Å². The fraction of sp³-hybridized carbons (Fsp3) is 1.00. The summed E-state index contributed by atoms with van der Waals surface area (Å²) in [6, 6.07) is 1.12. The minimum atomic E-state index is -4.06. The molecule has 0 aromatic rings. The van der Waals surface area contributed by atoms with Crippen LogP contribution in [0.25, 0.3) is 0 Å². The van der Waals surface area contributed by atoms with Crippen LogP contribution in [0.4, 0.5) is 13.2 Å². The Labute approximate surface area is 94.4 Å². The summed E-state index contributed by atoms with van der Waals surface area (Å²) in [5.41, 5.74) is 0. The summed E-state index contributed by atoms with van der Waals surface area (Å²) >= 11 is 0. The van der Waals surface area contributed by atoms with Crippen molar-refractivity contribution < 1.29 is 13.2 Å². The zero-order chi connectivity index (χ0) is 11.9. The standard InChI is InChI=1S/C11H19F3N2/c1-8(2)16-9-3-4-10(16)6-15(5-9)7-11(12,13)14/h8-10H,3-7H2,1-2H3. The van der Waals surface area contributed by atoms with Crippen molar-refractivity contribution in [2.45, 2.75) is 51.0 Å². The molecule has 0 radical (unpaired) electrons. The molecule has 0 spiro atoms. The van der Waals surface area contributed by atoms with Crippen molar-refractivity contribution in [3.05, 3.63) is 0 Å². The minimum Gasteiger partial charge on any atom is -0.292 e. The monoisotopic (exact) mass is 236 g/mol. The second-order valence-electron chi connectivity index (χ2n) is 5.24. The molecule has 94 valence electrons. The first-order chi connectivity index (χ1) is 7.37. The van der Waals surface area contributed by atoms with Crippen molar-refractivity contribution in [1.29, 1.82) is 0 Å². The molecule has 2 unspecified atom stereocenters. The molecule has 0 saturated carbocycles. The Kier molecular flexibility index (Phi) is 3.18. The third-order valence-electron chi connectivity index (χ3n) is 3.61. The Balaban J connectivity index is 1.97. The number of rotatable bonds is 2. The first-order valence-corrected chi connectivity index (χ1v) is 5.93. The van der Waals surface area contributed by atoms with Gasteiger partial charge >= 0.3 is 6.18 Å². The Hall–Kier alpha value is -0.290. The average Bonchev–Trinajstić information content (AvgIpc) is 2.36. The number of halogens is 3. The van der Waals surface area contributed by atoms with E-state index in [4.69, 9.17) is 0 Å². The summed E-state index contributed by atoms with van der Waals surface area (Å²) in [5, 5.41) is 0. The molecule has 0 aliphatic carbocycles. The van der Waals surface area contributed by atoms with Gasteiger partial charge in [-0.05, 0) is 26.7 Å². The number of nitrogens with zero attached hydrogens (tertiary/aromatic N) is 2. The van der Waals surface area contributed by atoms with E-state index in [0.29, 0.717) is 31.2 Å². The summed E-state index contributed by atoms with van der Waals surface area (Å²) in [7, 11) is 0. The fourth-order valence-electron chi connectivity index (χ4n) is 3.25. The van der Waals surface area contributed by atoms with Crippen LogP contribution in [0.5, 0.6) is 0 Å². The van der Waals surface area contributed by atoms with Crippen LogP contribution in [0.15, 0.2) is 0 Å². The predicted octanol–water partition coefficient (Wildman–Crippen LogP) is 2.11. The van der Waals surface area contributed by atoms with Gasteiger partial charge in [0.1, 0.15) is 0 Å². The lowest BCUT2D eigenvalue weighted by Crippen LogP contribution is -2.57. The maximum Gasteiger partial charge on any atom is 0.401 e. The molecule has 2 bridgehead atoms. The van der Waals surface area contributed by atoms with E-state index in [9.17, 15) is 13.2 Å². The Morgan fingerprint density at radius 3 is 2.00 bits per heavy atom. The zero-order valence-corrected chi connectivity index (χ0v) is 9.80. The van der Waals surface area contributed by atoms with E-state index >= 15 is 0 Å². The minimum absolute atomic E-state index is 0.334. The van der Waals surface area contributed by atoms with Crippen molar-refractivity contribution >= 4 is 0 Å². The van der Waals surface area contributed by atoms with Crippen LogP contribution >= 0.6 is 0 Å². The summed E-state index contributed by atoms with van der Waals surface area (Å²) in [6.07, 6.45) is -1.95. The first-order valence-electron chi connectivity index (χ1n) is 5.93. The molecule has 16 heavy (non-hydrogen) atoms. The molecule has 0 aromatic heterocycles. The summed E-state index contributed by atoms with van der Waals surface area (Å²) < 4.78 is 36.9. The van der Waals surface area contributed by atoms with E-state index in [-0.39, 0.29) is 0 Å². The molecular weight excluding hydrogens is 217 g/mol. The maximum atomic E-state index is 12.3. The van der Waals surface area contributed by atoms with Crippen molar-refractivity contribution in [3.8, 4) is 0 Å². The predicted molar refractivity (Wildman–Crippen MR) is 56.3 cm³/mol. The first kappa shape index (κ1) is 12.2. The fourth-order valence-corrected chi connectivity index (χ4v) is 3.25. The quantitative estimate of drug-likeness (QED) is 0.724. The van der Waals surface area contributed by atoms with Gasteiger partial charge in [0, 0.05) is 31.2 Å². The Morgan fingerprint density at radius 1 is 1.12 bits per heavy atom. The van der Waals surface area contributed by atoms with Gasteiger partial charge in [-0.2, -0.15) is 13.2 Å². The number of fused-ring (bicyclic) bond motifs is 2. The van der Waals surface area contributed by atoms with Gasteiger partial charge < -0.3 is 0 Å². The van der Waals surface area contributed by atoms with Crippen molar-refractivity contribution in [2.24, 2.45) is 0 Å². The number of hydrogen-bond donors (Lipinski definition) is 0. The molecule has 2 saturated heterocycles. The molecule has 2 nitrogen and oxygen atoms in total. The Morgan fingerprint density at radius 2 is 1.62 bits per heavy atom. The highest BCUT2D eigenvalue weighted by atomic mass is 19.4. The van der Waals surface area contributed by atoms with Crippen LogP contribution < -0.4 is 0 Å². The third kappa shape index (κ3) is 2.51. The highest BCUT2D eigenvalue weighted by Gasteiger charge is 2.43. The molecule has 0 amide bonds. The largest absolute Gasteiger partial charge is 0.401 e. The van der Waals surface area contributed by atoms with Gasteiger partial charge in [-0.25, -0.2) is 0 Å². The number of likely N-dealkylation sites (tertiary alicyclic amines) is 1. The number of piperazine rings is 1. The van der Waals surface area contributed by atoms with E-state index in [0.717, 1.165) is 12.8 Å². The van der Waals surface area contributed by atoms with E-state index in [1.54, 1.807) is 4.90 Å². The summed E-state index contributed by atoms with van der Waals surface area (Å²) in [5.74, 6) is 0. The molecule has 2 aliphatic heterocycles. The average molecular weight is 236 g/mol. The molecule has 2 heterocycles. The molecule has 5 heteroatoms. The maximum absolute atomic E-state index is 12.3. The lowest BCUT2D eigenvalue weighted by atomic mass is 10.1. The summed E-state index contributed by atoms with van der Waals surface area (Å²) in [6.45, 7) is 4.67. The smallest absolute Gasteiger partial charge is 0.292 e. The van der Waals surface area contributed by atoms with E-state index in [2.05, 4.69) is 18.7 Å². The highest BCUT2D eigenvalue weighted by molar-refractivity contribution is 4.97. The molecule has 2 aliphatic rings. The van der Waals surface area contributed by atoms with Crippen LogP contribution in [0.2, 0.25) is 0 Å². The normalized spacial score (nSPS) is 32.6. The van der Waals surface area contributed by atoms with Gasteiger partial charge in [-0.15, -0.1) is 0 Å². The van der Waals surface area contributed by atoms with Gasteiger partial charge in [-0.1, -0.05) is 0 Å². The number of alkyl halides is 3. The van der Waals surface area contributed by atoms with E-state index in [1.165, 1.54) is 0 Å². The van der Waals surface area contributed by atoms with Crippen LogP contribution in [-0.2, 0) is 0 Å². The molecule has 2 rings (SSSR count). The zero-order valence-electron chi connectivity index (χ0n) is 9.80. The van der Waals surface area contributed by atoms with E-state index in [1.807, 2.05) is 0 Å². The molecule has 0 aromatic carbocycles. The Bertz CT molecular complexity index is 238. The van der Waals surface area contributed by atoms with Crippen LogP contribution in [0.3, 0.4) is 0 Å². The molecular formula is C11H19F3N2. The van der Waals surface area contributed by atoms with Crippen molar-refractivity contribution in [3.63, 3.8) is 0 Å². The molecule has 2 fully saturated rings. The van der Waals surface area contributed by atoms with Crippen molar-refractivity contribution in [2.75, 3.05) is 19.6 Å². The second-order valence-corrected chi connectivity index (χ2v) is 5.24. The van der Waals surface area contributed by atoms with Gasteiger partial charge in [0.25, 0.3) is 0 Å². The SMILES string of the molecule is CC(C)N1C2CCC1CN(CC(F)(F)F)C2. The lowest BCUT2D eigenvalue weighted by molar-refractivity contribution is -0.153. The van der Waals surface area contributed by atoms with Gasteiger partial charge in [0.15, 0.2) is 0 Å². The third-order valence-corrected chi connectivity index (χ3v) is 3.61. The highest BCUT2D eigenvalue weighted by Crippen LogP contribution is 2.33. The number of hydrogen-bond acceptors (Lipinski definition) is 2. The lowest BCUT2D eigenvalue weighted by Gasteiger charge is -2.43. The molecule has 2 atom stereocenters.